The summed E-state index contributed by atoms with van der Waals surface area (Å²) in [5.74, 6) is 1.81. The van der Waals surface area contributed by atoms with Gasteiger partial charge in [-0.15, -0.1) is 0 Å². The summed E-state index contributed by atoms with van der Waals surface area (Å²) < 4.78 is 5.47. The zero-order valence-electron chi connectivity index (χ0n) is 11.6. The molecule has 0 saturated carbocycles. The lowest BCUT2D eigenvalue weighted by Crippen LogP contribution is -2.12. The van der Waals surface area contributed by atoms with E-state index in [0.29, 0.717) is 12.3 Å². The maximum atomic E-state index is 5.47. The van der Waals surface area contributed by atoms with Crippen LogP contribution in [0.2, 0.25) is 0 Å². The maximum Gasteiger partial charge on any atom is 0.230 e. The predicted octanol–water partition coefficient (Wildman–Crippen LogP) is 2.66. The van der Waals surface area contributed by atoms with Gasteiger partial charge in [0.05, 0.1) is 6.20 Å². The normalized spacial score (nSPS) is 17.6. The van der Waals surface area contributed by atoms with Crippen LogP contribution in [0.1, 0.15) is 40.9 Å². The van der Waals surface area contributed by atoms with E-state index in [0.717, 1.165) is 31.0 Å². The largest absolute Gasteiger partial charge is 0.339 e. The molecule has 5 nitrogen and oxygen atoms in total. The lowest BCUT2D eigenvalue weighted by Gasteiger charge is -2.17. The number of aromatic nitrogens is 4. The number of hydrogen-bond acceptors (Lipinski definition) is 4. The van der Waals surface area contributed by atoms with E-state index in [9.17, 15) is 0 Å². The number of hydrogen-bond donors (Lipinski definition) is 1. The van der Waals surface area contributed by atoms with E-state index in [1.165, 1.54) is 16.8 Å². The van der Waals surface area contributed by atoms with Crippen LogP contribution in [-0.4, -0.2) is 20.3 Å². The Morgan fingerprint density at radius 3 is 3.05 bits per heavy atom. The van der Waals surface area contributed by atoms with Gasteiger partial charge in [0.15, 0.2) is 5.82 Å². The third-order valence-electron chi connectivity index (χ3n) is 4.06. The van der Waals surface area contributed by atoms with Crippen LogP contribution in [-0.2, 0) is 19.3 Å². The minimum absolute atomic E-state index is 0.301. The van der Waals surface area contributed by atoms with Gasteiger partial charge < -0.3 is 4.52 Å². The van der Waals surface area contributed by atoms with Gasteiger partial charge in [0.1, 0.15) is 0 Å². The summed E-state index contributed by atoms with van der Waals surface area (Å²) in [5, 5.41) is 11.3. The van der Waals surface area contributed by atoms with E-state index in [1.807, 2.05) is 24.4 Å². The second kappa shape index (κ2) is 5.16. The average Bonchev–Trinajstić information content (AvgIpc) is 3.16. The lowest BCUT2D eigenvalue weighted by molar-refractivity contribution is 0.337. The zero-order chi connectivity index (χ0) is 14.1. The van der Waals surface area contributed by atoms with Crippen molar-refractivity contribution >= 4 is 0 Å². The maximum absolute atomic E-state index is 5.47. The molecule has 106 valence electrons. The van der Waals surface area contributed by atoms with Gasteiger partial charge in [-0.2, -0.15) is 10.1 Å². The summed E-state index contributed by atoms with van der Waals surface area (Å²) in [6.45, 7) is 0. The van der Waals surface area contributed by atoms with Crippen LogP contribution in [0.4, 0.5) is 0 Å². The molecule has 2 heterocycles. The Morgan fingerprint density at radius 2 is 2.14 bits per heavy atom. The fraction of sp³-hybridized carbons (Fsp3) is 0.312. The average molecular weight is 280 g/mol. The van der Waals surface area contributed by atoms with Crippen LogP contribution >= 0.6 is 0 Å². The molecule has 1 atom stereocenters. The third kappa shape index (κ3) is 2.46. The molecule has 5 heteroatoms. The van der Waals surface area contributed by atoms with Crippen molar-refractivity contribution < 1.29 is 4.52 Å². The SMILES string of the molecule is c1ccc(Cc2noc(C3CCc4cn[nH]c4C3)n2)cc1. The van der Waals surface area contributed by atoms with E-state index in [4.69, 9.17) is 4.52 Å². The second-order valence-electron chi connectivity index (χ2n) is 5.52. The molecule has 0 amide bonds. The first kappa shape index (κ1) is 12.3. The molecule has 0 spiro atoms. The van der Waals surface area contributed by atoms with Crippen molar-refractivity contribution in [3.63, 3.8) is 0 Å². The van der Waals surface area contributed by atoms with Gasteiger partial charge in [-0.05, 0) is 24.0 Å². The molecule has 2 aromatic heterocycles. The molecule has 1 aliphatic rings. The van der Waals surface area contributed by atoms with E-state index in [2.05, 4.69) is 32.5 Å². The van der Waals surface area contributed by atoms with Crippen molar-refractivity contribution in [2.24, 2.45) is 0 Å². The van der Waals surface area contributed by atoms with E-state index in [-0.39, 0.29) is 0 Å². The van der Waals surface area contributed by atoms with Crippen LogP contribution in [0.5, 0.6) is 0 Å². The van der Waals surface area contributed by atoms with Gasteiger partial charge in [0.2, 0.25) is 5.89 Å². The lowest BCUT2D eigenvalue weighted by atomic mass is 9.88. The molecule has 0 bridgehead atoms. The van der Waals surface area contributed by atoms with Crippen LogP contribution in [0.25, 0.3) is 0 Å². The summed E-state index contributed by atoms with van der Waals surface area (Å²) >= 11 is 0. The number of aromatic amines is 1. The Kier molecular flexibility index (Phi) is 3.03. The monoisotopic (exact) mass is 280 g/mol. The first-order valence-corrected chi connectivity index (χ1v) is 7.26. The first-order valence-electron chi connectivity index (χ1n) is 7.26. The van der Waals surface area contributed by atoms with E-state index < -0.39 is 0 Å². The number of benzene rings is 1. The van der Waals surface area contributed by atoms with Crippen molar-refractivity contribution in [3.8, 4) is 0 Å². The minimum Gasteiger partial charge on any atom is -0.339 e. The summed E-state index contributed by atoms with van der Waals surface area (Å²) in [7, 11) is 0. The molecule has 21 heavy (non-hydrogen) atoms. The highest BCUT2D eigenvalue weighted by molar-refractivity contribution is 5.23. The van der Waals surface area contributed by atoms with Crippen molar-refractivity contribution in [1.29, 1.82) is 0 Å². The van der Waals surface area contributed by atoms with Crippen molar-refractivity contribution in [2.45, 2.75) is 31.6 Å². The van der Waals surface area contributed by atoms with Crippen molar-refractivity contribution in [3.05, 3.63) is 65.1 Å². The van der Waals surface area contributed by atoms with Gasteiger partial charge in [0.25, 0.3) is 0 Å². The molecule has 1 aliphatic carbocycles. The first-order chi connectivity index (χ1) is 10.4. The van der Waals surface area contributed by atoms with Gasteiger partial charge in [-0.1, -0.05) is 35.5 Å². The third-order valence-corrected chi connectivity index (χ3v) is 4.06. The predicted molar refractivity (Wildman–Crippen MR) is 76.9 cm³/mol. The molecule has 0 saturated heterocycles. The topological polar surface area (TPSA) is 67.6 Å². The van der Waals surface area contributed by atoms with Crippen LogP contribution < -0.4 is 0 Å². The number of nitrogens with one attached hydrogen (secondary N) is 1. The Morgan fingerprint density at radius 1 is 1.24 bits per heavy atom. The smallest absolute Gasteiger partial charge is 0.230 e. The van der Waals surface area contributed by atoms with Gasteiger partial charge in [-0.3, -0.25) is 5.10 Å². The molecule has 1 unspecified atom stereocenters. The number of aryl methyl sites for hydroxylation is 1. The molecule has 0 aliphatic heterocycles. The molecule has 1 aromatic carbocycles. The molecule has 1 N–H and O–H groups in total. The Labute approximate surface area is 122 Å². The van der Waals surface area contributed by atoms with Crippen LogP contribution in [0.15, 0.2) is 41.1 Å². The summed E-state index contributed by atoms with van der Waals surface area (Å²) in [6.07, 6.45) is 5.60. The Bertz CT molecular complexity index is 732. The summed E-state index contributed by atoms with van der Waals surface area (Å²) in [6, 6.07) is 10.2. The quantitative estimate of drug-likeness (QED) is 0.801. The molecular weight excluding hydrogens is 264 g/mol. The fourth-order valence-electron chi connectivity index (χ4n) is 2.90. The van der Waals surface area contributed by atoms with Gasteiger partial charge in [0, 0.05) is 24.5 Å². The molecule has 4 rings (SSSR count). The Balaban J connectivity index is 1.50. The number of fused-ring (bicyclic) bond motifs is 1. The minimum atomic E-state index is 0.301. The highest BCUT2D eigenvalue weighted by Gasteiger charge is 2.26. The van der Waals surface area contributed by atoms with Crippen LogP contribution in [0, 0.1) is 0 Å². The highest BCUT2D eigenvalue weighted by Crippen LogP contribution is 2.30. The summed E-state index contributed by atoms with van der Waals surface area (Å²) in [4.78, 5) is 4.57. The number of rotatable bonds is 3. The highest BCUT2D eigenvalue weighted by atomic mass is 16.5. The number of H-pyrrole nitrogens is 1. The van der Waals surface area contributed by atoms with Crippen molar-refractivity contribution in [1.82, 2.24) is 20.3 Å². The van der Waals surface area contributed by atoms with Gasteiger partial charge >= 0.3 is 0 Å². The van der Waals surface area contributed by atoms with Crippen molar-refractivity contribution in [2.75, 3.05) is 0 Å². The molecule has 3 aromatic rings. The molecule has 0 radical (unpaired) electrons. The Hall–Kier alpha value is -2.43. The van der Waals surface area contributed by atoms with Crippen LogP contribution in [0.3, 0.4) is 0 Å². The summed E-state index contributed by atoms with van der Waals surface area (Å²) in [5.41, 5.74) is 3.72. The molecular formula is C16H16N4O. The standard InChI is InChI=1S/C16H16N4O/c1-2-4-11(5-3-1)8-15-18-16(21-20-15)12-6-7-13-10-17-19-14(13)9-12/h1-5,10,12H,6-9H2,(H,17,19). The molecule has 0 fully saturated rings. The fourth-order valence-corrected chi connectivity index (χ4v) is 2.90. The van der Waals surface area contributed by atoms with E-state index >= 15 is 0 Å². The van der Waals surface area contributed by atoms with E-state index in [1.54, 1.807) is 0 Å². The van der Waals surface area contributed by atoms with Gasteiger partial charge in [-0.25, -0.2) is 0 Å². The number of nitrogens with zero attached hydrogens (tertiary/aromatic N) is 3. The second-order valence-corrected chi connectivity index (χ2v) is 5.52. The zero-order valence-corrected chi connectivity index (χ0v) is 11.6.